The van der Waals surface area contributed by atoms with Crippen molar-refractivity contribution in [2.75, 3.05) is 0 Å². The molecule has 0 aliphatic rings. The van der Waals surface area contributed by atoms with Crippen LogP contribution in [0.1, 0.15) is 0 Å². The van der Waals surface area contributed by atoms with Crippen molar-refractivity contribution in [1.82, 2.24) is 14.3 Å². The van der Waals surface area contributed by atoms with Gasteiger partial charge in [0.05, 0.1) is 37.8 Å². The van der Waals surface area contributed by atoms with E-state index in [2.05, 4.69) is 4.98 Å². The molecule has 0 amide bonds. The fourth-order valence-corrected chi connectivity index (χ4v) is 4.98. The maximum Gasteiger partial charge on any atom is 0.362 e. The van der Waals surface area contributed by atoms with E-state index in [-0.39, 0.29) is 20.7 Å². The monoisotopic (exact) mass is 473 g/mol. The molecule has 0 aliphatic heterocycles. The molecule has 0 saturated carbocycles. The summed E-state index contributed by atoms with van der Waals surface area (Å²) in [7, 11) is -4.57. The van der Waals surface area contributed by atoms with Crippen LogP contribution in [-0.4, -0.2) is 34.3 Å². The third-order valence-corrected chi connectivity index (χ3v) is 6.78. The Morgan fingerprint density at radius 2 is 1.87 bits per heavy atom. The highest BCUT2D eigenvalue weighted by molar-refractivity contribution is 7.91. The molecule has 2 aromatic carbocycles. The predicted octanol–water partition coefficient (Wildman–Crippen LogP) is 2.77. The Kier molecular flexibility index (Phi) is 4.85. The Bertz CT molecular complexity index is 1590. The molecule has 2 aromatic heterocycles. The number of aromatic nitrogens is 3. The lowest BCUT2D eigenvalue weighted by Crippen LogP contribution is -2.33. The fraction of sp³-hybridized carbons (Fsp3) is 0.111. The summed E-state index contributed by atoms with van der Waals surface area (Å²) < 4.78 is 67.5. The third-order valence-electron chi connectivity index (χ3n) is 4.69. The lowest BCUT2D eigenvalue weighted by molar-refractivity contribution is 0.128. The second-order valence-corrected chi connectivity index (χ2v) is 8.87. The number of aromatic amines is 1. The Balaban J connectivity index is 2.03. The molecule has 0 bridgehead atoms. The number of sulfone groups is 1. The molecule has 162 valence electrons. The molecular weight excluding hydrogens is 463 g/mol. The number of hydrogen-bond acceptors (Lipinski definition) is 5. The SMILES string of the molecule is O=c1[nH]c2c(S(=O)(=O)c3cc(F)c4ccn(CC(F)F)c4c3)ccc(Cl)c2c(=O)n1O. The first-order chi connectivity index (χ1) is 14.5. The summed E-state index contributed by atoms with van der Waals surface area (Å²) in [4.78, 5) is 24.9. The predicted molar refractivity (Wildman–Crippen MR) is 104 cm³/mol. The van der Waals surface area contributed by atoms with E-state index in [9.17, 15) is 36.4 Å². The van der Waals surface area contributed by atoms with Crippen LogP contribution in [0, 0.1) is 5.82 Å². The highest BCUT2D eigenvalue weighted by atomic mass is 35.5. The van der Waals surface area contributed by atoms with Gasteiger partial charge in [0.15, 0.2) is 0 Å². The second kappa shape index (κ2) is 7.17. The molecule has 0 saturated heterocycles. The minimum atomic E-state index is -4.57. The lowest BCUT2D eigenvalue weighted by Gasteiger charge is -2.11. The molecule has 2 heterocycles. The maximum atomic E-state index is 14.6. The number of rotatable bonds is 4. The largest absolute Gasteiger partial charge is 0.421 e. The molecule has 4 aromatic rings. The summed E-state index contributed by atoms with van der Waals surface area (Å²) in [6.07, 6.45) is -1.56. The van der Waals surface area contributed by atoms with Crippen molar-refractivity contribution in [3.05, 3.63) is 68.2 Å². The lowest BCUT2D eigenvalue weighted by atomic mass is 10.2. The molecule has 13 heteroatoms. The van der Waals surface area contributed by atoms with Crippen molar-refractivity contribution in [1.29, 1.82) is 0 Å². The highest BCUT2D eigenvalue weighted by Gasteiger charge is 2.26. The number of H-pyrrole nitrogens is 1. The molecule has 0 spiro atoms. The smallest absolute Gasteiger partial charge is 0.362 e. The minimum absolute atomic E-state index is 0.0582. The Hall–Kier alpha value is -3.25. The number of fused-ring (bicyclic) bond motifs is 2. The maximum absolute atomic E-state index is 14.6. The molecule has 0 unspecified atom stereocenters. The van der Waals surface area contributed by atoms with Gasteiger partial charge < -0.3 is 14.8 Å². The average molecular weight is 474 g/mol. The van der Waals surface area contributed by atoms with Gasteiger partial charge in [-0.15, -0.1) is 0 Å². The van der Waals surface area contributed by atoms with E-state index in [4.69, 9.17) is 11.6 Å². The van der Waals surface area contributed by atoms with Gasteiger partial charge in [0.25, 0.3) is 12.0 Å². The van der Waals surface area contributed by atoms with Crippen LogP contribution in [0.5, 0.6) is 0 Å². The van der Waals surface area contributed by atoms with Gasteiger partial charge in [0.2, 0.25) is 9.84 Å². The number of nitrogens with zero attached hydrogens (tertiary/aromatic N) is 2. The summed E-state index contributed by atoms with van der Waals surface area (Å²) in [5.41, 5.74) is -3.14. The zero-order chi connectivity index (χ0) is 22.7. The molecule has 0 fully saturated rings. The van der Waals surface area contributed by atoms with Gasteiger partial charge in [-0.05, 0) is 30.3 Å². The zero-order valence-electron chi connectivity index (χ0n) is 15.1. The van der Waals surface area contributed by atoms with Gasteiger partial charge in [-0.2, -0.15) is 0 Å². The van der Waals surface area contributed by atoms with E-state index >= 15 is 0 Å². The van der Waals surface area contributed by atoms with Crippen LogP contribution in [0.4, 0.5) is 13.2 Å². The van der Waals surface area contributed by atoms with E-state index < -0.39 is 60.6 Å². The number of benzene rings is 2. The number of hydrogen-bond donors (Lipinski definition) is 2. The van der Waals surface area contributed by atoms with Crippen molar-refractivity contribution in [2.45, 2.75) is 22.8 Å². The molecule has 31 heavy (non-hydrogen) atoms. The van der Waals surface area contributed by atoms with Crippen molar-refractivity contribution in [3.8, 4) is 0 Å². The minimum Gasteiger partial charge on any atom is -0.421 e. The van der Waals surface area contributed by atoms with Crippen molar-refractivity contribution in [2.24, 2.45) is 0 Å². The van der Waals surface area contributed by atoms with E-state index in [0.717, 1.165) is 22.8 Å². The Morgan fingerprint density at radius 3 is 2.55 bits per heavy atom. The van der Waals surface area contributed by atoms with Crippen LogP contribution < -0.4 is 11.2 Å². The number of nitrogens with one attached hydrogen (secondary N) is 1. The van der Waals surface area contributed by atoms with Crippen LogP contribution in [0.2, 0.25) is 5.02 Å². The Morgan fingerprint density at radius 1 is 1.16 bits per heavy atom. The number of halogens is 4. The van der Waals surface area contributed by atoms with E-state index in [1.165, 1.54) is 12.3 Å². The molecule has 2 N–H and O–H groups in total. The molecule has 0 radical (unpaired) electrons. The molecular formula is C18H11ClF3N3O5S. The highest BCUT2D eigenvalue weighted by Crippen LogP contribution is 2.32. The summed E-state index contributed by atoms with van der Waals surface area (Å²) in [6, 6.07) is 5.02. The first-order valence-corrected chi connectivity index (χ1v) is 10.4. The van der Waals surface area contributed by atoms with Crippen LogP contribution in [0.25, 0.3) is 21.8 Å². The van der Waals surface area contributed by atoms with Gasteiger partial charge >= 0.3 is 5.69 Å². The normalized spacial score (nSPS) is 12.3. The van der Waals surface area contributed by atoms with Gasteiger partial charge in [0.1, 0.15) is 5.82 Å². The molecule has 0 aliphatic carbocycles. The standard InChI is InChI=1S/C18H11ClF3N3O5S/c19-10-1-2-13(16-15(10)17(26)25(28)18(27)23-16)31(29,30)8-5-11(20)9-3-4-24(7-14(21)22)12(9)6-8/h1-6,14,28H,7H2,(H,23,27). The van der Waals surface area contributed by atoms with Gasteiger partial charge in [-0.1, -0.05) is 16.3 Å². The van der Waals surface area contributed by atoms with Gasteiger partial charge in [-0.25, -0.2) is 26.4 Å². The molecule has 4 rings (SSSR count). The number of alkyl halides is 2. The summed E-state index contributed by atoms with van der Waals surface area (Å²) in [5.74, 6) is -0.964. The summed E-state index contributed by atoms with van der Waals surface area (Å²) in [5, 5.41) is 8.73. The van der Waals surface area contributed by atoms with Crippen LogP contribution in [-0.2, 0) is 16.4 Å². The van der Waals surface area contributed by atoms with Crippen molar-refractivity contribution < 1.29 is 26.8 Å². The zero-order valence-corrected chi connectivity index (χ0v) is 16.7. The Labute approximate surface area is 175 Å². The van der Waals surface area contributed by atoms with Gasteiger partial charge in [0, 0.05) is 11.6 Å². The van der Waals surface area contributed by atoms with E-state index in [0.29, 0.717) is 6.07 Å². The third kappa shape index (κ3) is 3.27. The fourth-order valence-electron chi connectivity index (χ4n) is 3.29. The second-order valence-electron chi connectivity index (χ2n) is 6.54. The first-order valence-electron chi connectivity index (χ1n) is 8.51. The average Bonchev–Trinajstić information content (AvgIpc) is 3.08. The van der Waals surface area contributed by atoms with Crippen LogP contribution in [0.15, 0.2) is 55.9 Å². The van der Waals surface area contributed by atoms with Crippen LogP contribution >= 0.6 is 11.6 Å². The van der Waals surface area contributed by atoms with Crippen molar-refractivity contribution in [3.63, 3.8) is 0 Å². The van der Waals surface area contributed by atoms with Gasteiger partial charge in [-0.3, -0.25) is 4.79 Å². The quantitative estimate of drug-likeness (QED) is 0.442. The van der Waals surface area contributed by atoms with Crippen LogP contribution in [0.3, 0.4) is 0 Å². The van der Waals surface area contributed by atoms with E-state index in [1.807, 2.05) is 0 Å². The topological polar surface area (TPSA) is 114 Å². The van der Waals surface area contributed by atoms with E-state index in [1.54, 1.807) is 0 Å². The first kappa shape index (κ1) is 21.0. The molecule has 8 nitrogen and oxygen atoms in total. The summed E-state index contributed by atoms with van der Waals surface area (Å²) >= 11 is 5.94. The molecule has 0 atom stereocenters. The van der Waals surface area contributed by atoms with Crippen molar-refractivity contribution >= 4 is 43.2 Å². The summed E-state index contributed by atoms with van der Waals surface area (Å²) in [6.45, 7) is -0.778.